The molecule has 0 aliphatic carbocycles. The van der Waals surface area contributed by atoms with Gasteiger partial charge in [-0.25, -0.2) is 4.99 Å². The standard InChI is InChI=1S/C16H29N3O2/c1-5-7-8-11-18-15(17-6-2)19-12-16(4,20)14-10-9-13(3)21-14/h9-10,20H,5-8,11-12H2,1-4H3,(H2,17,18,19). The van der Waals surface area contributed by atoms with Crippen molar-refractivity contribution in [2.75, 3.05) is 19.6 Å². The molecule has 0 radical (unpaired) electrons. The average molecular weight is 295 g/mol. The van der Waals surface area contributed by atoms with E-state index in [2.05, 4.69) is 22.5 Å². The van der Waals surface area contributed by atoms with E-state index in [0.29, 0.717) is 5.76 Å². The van der Waals surface area contributed by atoms with E-state index in [4.69, 9.17) is 4.42 Å². The zero-order chi connectivity index (χ0) is 15.7. The van der Waals surface area contributed by atoms with Crippen LogP contribution in [0.1, 0.15) is 51.6 Å². The Bertz CT molecular complexity index is 438. The zero-order valence-corrected chi connectivity index (χ0v) is 13.7. The third-order valence-corrected chi connectivity index (χ3v) is 3.23. The monoisotopic (exact) mass is 295 g/mol. The normalized spacial score (nSPS) is 14.8. The number of aryl methyl sites for hydroxylation is 1. The van der Waals surface area contributed by atoms with Gasteiger partial charge in [0.1, 0.15) is 17.1 Å². The number of nitrogens with one attached hydrogen (secondary N) is 2. The molecule has 1 rings (SSSR count). The van der Waals surface area contributed by atoms with Crippen LogP contribution in [0.5, 0.6) is 0 Å². The number of furan rings is 1. The van der Waals surface area contributed by atoms with Crippen molar-refractivity contribution in [2.45, 2.75) is 52.6 Å². The number of unbranched alkanes of at least 4 members (excludes halogenated alkanes) is 2. The topological polar surface area (TPSA) is 69.8 Å². The van der Waals surface area contributed by atoms with Crippen molar-refractivity contribution >= 4 is 5.96 Å². The zero-order valence-electron chi connectivity index (χ0n) is 13.7. The van der Waals surface area contributed by atoms with Gasteiger partial charge in [0.25, 0.3) is 0 Å². The number of rotatable bonds is 8. The Balaban J connectivity index is 2.59. The van der Waals surface area contributed by atoms with Crippen LogP contribution in [0.2, 0.25) is 0 Å². The summed E-state index contributed by atoms with van der Waals surface area (Å²) >= 11 is 0. The summed E-state index contributed by atoms with van der Waals surface area (Å²) in [7, 11) is 0. The van der Waals surface area contributed by atoms with Crippen molar-refractivity contribution < 1.29 is 9.52 Å². The van der Waals surface area contributed by atoms with Gasteiger partial charge in [-0.3, -0.25) is 0 Å². The lowest BCUT2D eigenvalue weighted by Gasteiger charge is -2.19. The van der Waals surface area contributed by atoms with Crippen LogP contribution in [0.4, 0.5) is 0 Å². The molecule has 0 aliphatic rings. The fourth-order valence-corrected chi connectivity index (χ4v) is 1.96. The molecule has 0 bridgehead atoms. The second-order valence-corrected chi connectivity index (χ2v) is 5.51. The van der Waals surface area contributed by atoms with E-state index in [9.17, 15) is 5.11 Å². The summed E-state index contributed by atoms with van der Waals surface area (Å²) in [5, 5.41) is 16.9. The minimum absolute atomic E-state index is 0.253. The quantitative estimate of drug-likeness (QED) is 0.391. The first kappa shape index (κ1) is 17.6. The Kier molecular flexibility index (Phi) is 7.29. The molecule has 0 fully saturated rings. The van der Waals surface area contributed by atoms with Crippen LogP contribution >= 0.6 is 0 Å². The van der Waals surface area contributed by atoms with Gasteiger partial charge < -0.3 is 20.2 Å². The molecule has 5 heteroatoms. The fourth-order valence-electron chi connectivity index (χ4n) is 1.96. The number of aliphatic hydroxyl groups is 1. The number of nitrogens with zero attached hydrogens (tertiary/aromatic N) is 1. The molecule has 120 valence electrons. The molecule has 21 heavy (non-hydrogen) atoms. The van der Waals surface area contributed by atoms with Gasteiger partial charge in [0.05, 0.1) is 6.54 Å². The van der Waals surface area contributed by atoms with Gasteiger partial charge in [-0.1, -0.05) is 19.8 Å². The van der Waals surface area contributed by atoms with Gasteiger partial charge in [0.2, 0.25) is 0 Å². The number of aliphatic imine (C=N–C) groups is 1. The second-order valence-electron chi connectivity index (χ2n) is 5.51. The van der Waals surface area contributed by atoms with E-state index in [1.807, 2.05) is 19.9 Å². The van der Waals surface area contributed by atoms with E-state index in [0.717, 1.165) is 31.2 Å². The summed E-state index contributed by atoms with van der Waals surface area (Å²) in [6.45, 7) is 9.73. The fraction of sp³-hybridized carbons (Fsp3) is 0.688. The van der Waals surface area contributed by atoms with Crippen molar-refractivity contribution in [1.29, 1.82) is 0 Å². The predicted molar refractivity (Wildman–Crippen MR) is 86.5 cm³/mol. The van der Waals surface area contributed by atoms with Gasteiger partial charge in [-0.15, -0.1) is 0 Å². The third kappa shape index (κ3) is 6.21. The molecule has 1 heterocycles. The van der Waals surface area contributed by atoms with Crippen molar-refractivity contribution in [3.05, 3.63) is 23.7 Å². The van der Waals surface area contributed by atoms with Crippen molar-refractivity contribution in [3.8, 4) is 0 Å². The molecular weight excluding hydrogens is 266 g/mol. The van der Waals surface area contributed by atoms with Crippen LogP contribution in [0.25, 0.3) is 0 Å². The van der Waals surface area contributed by atoms with E-state index in [1.165, 1.54) is 12.8 Å². The molecule has 0 spiro atoms. The molecule has 0 amide bonds. The summed E-state index contributed by atoms with van der Waals surface area (Å²) < 4.78 is 5.49. The molecule has 1 atom stereocenters. The number of hydrogen-bond donors (Lipinski definition) is 3. The Labute approximate surface area is 127 Å². The Hall–Kier alpha value is -1.49. The van der Waals surface area contributed by atoms with Crippen LogP contribution in [-0.4, -0.2) is 30.7 Å². The molecule has 1 unspecified atom stereocenters. The first-order chi connectivity index (χ1) is 9.99. The summed E-state index contributed by atoms with van der Waals surface area (Å²) in [4.78, 5) is 4.45. The van der Waals surface area contributed by atoms with Crippen LogP contribution < -0.4 is 10.6 Å². The molecule has 0 saturated heterocycles. The Morgan fingerprint density at radius 3 is 2.62 bits per heavy atom. The Morgan fingerprint density at radius 2 is 2.05 bits per heavy atom. The van der Waals surface area contributed by atoms with E-state index in [1.54, 1.807) is 13.0 Å². The summed E-state index contributed by atoms with van der Waals surface area (Å²) in [6.07, 6.45) is 3.52. The maximum atomic E-state index is 10.5. The number of guanidine groups is 1. The van der Waals surface area contributed by atoms with Gasteiger partial charge in [-0.2, -0.15) is 0 Å². The molecule has 5 nitrogen and oxygen atoms in total. The minimum Gasteiger partial charge on any atom is -0.463 e. The van der Waals surface area contributed by atoms with Gasteiger partial charge in [0.15, 0.2) is 5.96 Å². The molecule has 1 aromatic rings. The second kappa shape index (κ2) is 8.72. The first-order valence-electron chi connectivity index (χ1n) is 7.81. The average Bonchev–Trinajstić information content (AvgIpc) is 2.88. The smallest absolute Gasteiger partial charge is 0.191 e. The summed E-state index contributed by atoms with van der Waals surface area (Å²) in [6, 6.07) is 3.65. The van der Waals surface area contributed by atoms with Crippen molar-refractivity contribution in [3.63, 3.8) is 0 Å². The summed E-state index contributed by atoms with van der Waals surface area (Å²) in [5.74, 6) is 2.07. The molecular formula is C16H29N3O2. The molecule has 3 N–H and O–H groups in total. The maximum absolute atomic E-state index is 10.5. The highest BCUT2D eigenvalue weighted by molar-refractivity contribution is 5.79. The lowest BCUT2D eigenvalue weighted by atomic mass is 10.0. The highest BCUT2D eigenvalue weighted by Crippen LogP contribution is 2.22. The van der Waals surface area contributed by atoms with Crippen molar-refractivity contribution in [1.82, 2.24) is 10.6 Å². The molecule has 1 aromatic heterocycles. The van der Waals surface area contributed by atoms with Crippen LogP contribution in [0, 0.1) is 6.92 Å². The van der Waals surface area contributed by atoms with E-state index in [-0.39, 0.29) is 6.54 Å². The molecule has 0 aromatic carbocycles. The Morgan fingerprint density at radius 1 is 1.29 bits per heavy atom. The van der Waals surface area contributed by atoms with Gasteiger partial charge in [0, 0.05) is 13.1 Å². The number of hydrogen-bond acceptors (Lipinski definition) is 3. The van der Waals surface area contributed by atoms with Crippen LogP contribution in [0.3, 0.4) is 0 Å². The highest BCUT2D eigenvalue weighted by Gasteiger charge is 2.26. The van der Waals surface area contributed by atoms with Crippen LogP contribution in [0.15, 0.2) is 21.5 Å². The highest BCUT2D eigenvalue weighted by atomic mass is 16.4. The molecule has 0 saturated carbocycles. The van der Waals surface area contributed by atoms with Crippen LogP contribution in [-0.2, 0) is 5.60 Å². The van der Waals surface area contributed by atoms with Gasteiger partial charge in [-0.05, 0) is 39.3 Å². The van der Waals surface area contributed by atoms with Gasteiger partial charge >= 0.3 is 0 Å². The summed E-state index contributed by atoms with van der Waals surface area (Å²) in [5.41, 5.74) is -1.10. The predicted octanol–water partition coefficient (Wildman–Crippen LogP) is 2.54. The molecule has 0 aliphatic heterocycles. The largest absolute Gasteiger partial charge is 0.463 e. The SMILES string of the molecule is CCCCCNC(=NCC(C)(O)c1ccc(C)o1)NCC. The first-order valence-corrected chi connectivity index (χ1v) is 7.81. The lowest BCUT2D eigenvalue weighted by molar-refractivity contribution is 0.0428. The van der Waals surface area contributed by atoms with E-state index < -0.39 is 5.60 Å². The van der Waals surface area contributed by atoms with E-state index >= 15 is 0 Å². The minimum atomic E-state index is -1.10. The lowest BCUT2D eigenvalue weighted by Crippen LogP contribution is -2.39. The third-order valence-electron chi connectivity index (χ3n) is 3.23. The van der Waals surface area contributed by atoms with Crippen molar-refractivity contribution in [2.24, 2.45) is 4.99 Å². The maximum Gasteiger partial charge on any atom is 0.191 e.